The normalized spacial score (nSPS) is 35.4. The maximum absolute atomic E-state index is 14.8. The number of nitrogens with two attached hydrogens (primary N) is 1. The summed E-state index contributed by atoms with van der Waals surface area (Å²) >= 11 is 0. The van der Waals surface area contributed by atoms with Gasteiger partial charge in [-0.05, 0) is 18.5 Å². The van der Waals surface area contributed by atoms with Crippen molar-refractivity contribution in [2.45, 2.75) is 30.6 Å². The van der Waals surface area contributed by atoms with Gasteiger partial charge >= 0.3 is 5.69 Å². The molecule has 11 heteroatoms. The van der Waals surface area contributed by atoms with Crippen LogP contribution < -0.4 is 11.4 Å². The highest BCUT2D eigenvalue weighted by Crippen LogP contribution is 2.46. The lowest BCUT2D eigenvalue weighted by atomic mass is 9.95. The number of azide groups is 1. The molecule has 4 N–H and O–H groups in total. The van der Waals surface area contributed by atoms with Crippen LogP contribution in [0.25, 0.3) is 10.4 Å². The van der Waals surface area contributed by atoms with Crippen LogP contribution in [0.1, 0.15) is 13.2 Å². The predicted molar refractivity (Wildman–Crippen MR) is 67.5 cm³/mol. The van der Waals surface area contributed by atoms with Crippen molar-refractivity contribution >= 4 is 5.82 Å². The second-order valence-electron chi connectivity index (χ2n) is 4.76. The third-order valence-electron chi connectivity index (χ3n) is 3.31. The Morgan fingerprint density at radius 2 is 2.43 bits per heavy atom. The Bertz CT molecular complexity index is 657. The number of hydrogen-bond acceptors (Lipinski definition) is 7. The molecule has 1 aromatic heterocycles. The first-order valence-electron chi connectivity index (χ1n) is 5.85. The summed E-state index contributed by atoms with van der Waals surface area (Å²) in [5.41, 5.74) is 8.17. The van der Waals surface area contributed by atoms with E-state index in [1.165, 1.54) is 6.07 Å². The standard InChI is InChI=1S/C10H13FN6O4/c1-9(11)6(19)10(4-18,15-16-13)21-7(9)17-3-2-5(12)14-8(17)20/h2-3,6-7,18-19H,4H2,1H3,(H2,12,14,20)/t6?,7-,9?,10-/m1/s1. The molecule has 21 heavy (non-hydrogen) atoms. The minimum absolute atomic E-state index is 0.0705. The second-order valence-corrected chi connectivity index (χ2v) is 4.76. The SMILES string of the molecule is CC1(F)C(O)[C@](CO)(N=[N+]=[N-])O[C@H]1n1ccc(N)nc1=O. The van der Waals surface area contributed by atoms with Gasteiger partial charge in [-0.3, -0.25) is 4.57 Å². The van der Waals surface area contributed by atoms with E-state index < -0.39 is 36.0 Å². The summed E-state index contributed by atoms with van der Waals surface area (Å²) in [6.07, 6.45) is -2.50. The van der Waals surface area contributed by atoms with Crippen LogP contribution in [-0.2, 0) is 4.74 Å². The van der Waals surface area contributed by atoms with E-state index in [9.17, 15) is 19.4 Å². The highest BCUT2D eigenvalue weighted by Gasteiger charge is 2.63. The van der Waals surface area contributed by atoms with Crippen LogP contribution in [-0.4, -0.2) is 43.9 Å². The zero-order chi connectivity index (χ0) is 15.8. The van der Waals surface area contributed by atoms with Crippen LogP contribution in [0.2, 0.25) is 0 Å². The molecule has 1 saturated heterocycles. The number of rotatable bonds is 3. The molecule has 1 aliphatic heterocycles. The number of nitrogen functional groups attached to an aromatic ring is 1. The Morgan fingerprint density at radius 3 is 2.95 bits per heavy atom. The third kappa shape index (κ3) is 2.21. The lowest BCUT2D eigenvalue weighted by Crippen LogP contribution is -2.48. The largest absolute Gasteiger partial charge is 0.393 e. The van der Waals surface area contributed by atoms with Gasteiger partial charge in [-0.15, -0.1) is 0 Å². The Kier molecular flexibility index (Phi) is 3.59. The summed E-state index contributed by atoms with van der Waals surface area (Å²) in [5.74, 6) is -0.0705. The van der Waals surface area contributed by atoms with E-state index in [0.717, 1.165) is 17.7 Å². The van der Waals surface area contributed by atoms with Gasteiger partial charge in [0, 0.05) is 11.1 Å². The Hall–Kier alpha value is -2.20. The van der Waals surface area contributed by atoms with Crippen molar-refractivity contribution in [3.05, 3.63) is 33.2 Å². The number of nitrogens with zero attached hydrogens (tertiary/aromatic N) is 5. The first kappa shape index (κ1) is 15.2. The molecule has 0 radical (unpaired) electrons. The number of halogens is 1. The van der Waals surface area contributed by atoms with Gasteiger partial charge in [0.2, 0.25) is 5.72 Å². The van der Waals surface area contributed by atoms with E-state index in [1.807, 2.05) is 0 Å². The third-order valence-corrected chi connectivity index (χ3v) is 3.31. The highest BCUT2D eigenvalue weighted by atomic mass is 19.1. The number of anilines is 1. The molecule has 1 aliphatic rings. The van der Waals surface area contributed by atoms with E-state index in [1.54, 1.807) is 0 Å². The van der Waals surface area contributed by atoms with Crippen molar-refractivity contribution in [1.29, 1.82) is 0 Å². The van der Waals surface area contributed by atoms with Crippen LogP contribution in [0, 0.1) is 0 Å². The fourth-order valence-corrected chi connectivity index (χ4v) is 2.19. The van der Waals surface area contributed by atoms with Crippen molar-refractivity contribution < 1.29 is 19.3 Å². The van der Waals surface area contributed by atoms with E-state index >= 15 is 0 Å². The van der Waals surface area contributed by atoms with E-state index in [-0.39, 0.29) is 5.82 Å². The van der Waals surface area contributed by atoms with Gasteiger partial charge in [0.25, 0.3) is 0 Å². The van der Waals surface area contributed by atoms with Crippen LogP contribution >= 0.6 is 0 Å². The number of aromatic nitrogens is 2. The van der Waals surface area contributed by atoms with Crippen molar-refractivity contribution in [3.8, 4) is 0 Å². The molecular weight excluding hydrogens is 287 g/mol. The molecule has 2 heterocycles. The Morgan fingerprint density at radius 1 is 1.76 bits per heavy atom. The fourth-order valence-electron chi connectivity index (χ4n) is 2.19. The summed E-state index contributed by atoms with van der Waals surface area (Å²) in [6.45, 7) is -0.0131. The number of hydrogen-bond donors (Lipinski definition) is 3. The molecule has 0 aromatic carbocycles. The first-order valence-corrected chi connectivity index (χ1v) is 5.85. The molecule has 0 amide bonds. The van der Waals surface area contributed by atoms with Crippen molar-refractivity contribution in [2.24, 2.45) is 5.11 Å². The topological polar surface area (TPSA) is 159 Å². The quantitative estimate of drug-likeness (QED) is 0.385. The van der Waals surface area contributed by atoms with Gasteiger partial charge in [0.15, 0.2) is 11.9 Å². The predicted octanol–water partition coefficient (Wildman–Crippen LogP) is -0.558. The molecule has 1 fully saturated rings. The zero-order valence-electron chi connectivity index (χ0n) is 10.9. The number of aliphatic hydroxyl groups is 2. The lowest BCUT2D eigenvalue weighted by molar-refractivity contribution is -0.125. The average Bonchev–Trinajstić information content (AvgIpc) is 2.61. The van der Waals surface area contributed by atoms with Crippen LogP contribution in [0.4, 0.5) is 10.2 Å². The van der Waals surface area contributed by atoms with Crippen molar-refractivity contribution in [3.63, 3.8) is 0 Å². The minimum atomic E-state index is -2.52. The molecule has 0 aliphatic carbocycles. The second kappa shape index (κ2) is 4.97. The molecule has 4 atom stereocenters. The van der Waals surface area contributed by atoms with Gasteiger partial charge < -0.3 is 20.7 Å². The Labute approximate surface area is 117 Å². The van der Waals surface area contributed by atoms with Gasteiger partial charge in [0.05, 0.1) is 6.61 Å². The van der Waals surface area contributed by atoms with Gasteiger partial charge in [0.1, 0.15) is 11.9 Å². The smallest absolute Gasteiger partial charge is 0.351 e. The zero-order valence-corrected chi connectivity index (χ0v) is 10.9. The molecule has 1 aromatic rings. The van der Waals surface area contributed by atoms with Crippen molar-refractivity contribution in [2.75, 3.05) is 12.3 Å². The monoisotopic (exact) mass is 300 g/mol. The summed E-state index contributed by atoms with van der Waals surface area (Å²) in [4.78, 5) is 17.6. The lowest BCUT2D eigenvalue weighted by Gasteiger charge is -2.26. The van der Waals surface area contributed by atoms with E-state index in [0.29, 0.717) is 0 Å². The fraction of sp³-hybridized carbons (Fsp3) is 0.600. The average molecular weight is 300 g/mol. The van der Waals surface area contributed by atoms with Gasteiger partial charge in [-0.25, -0.2) is 9.18 Å². The van der Waals surface area contributed by atoms with Crippen LogP contribution in [0.15, 0.2) is 22.2 Å². The molecule has 2 unspecified atom stereocenters. The molecule has 114 valence electrons. The minimum Gasteiger partial charge on any atom is -0.393 e. The molecular formula is C10H13FN6O4. The summed E-state index contributed by atoms with van der Waals surface area (Å²) in [7, 11) is 0. The number of ether oxygens (including phenoxy) is 1. The number of alkyl halides is 1. The molecule has 2 rings (SSSR count). The van der Waals surface area contributed by atoms with E-state index in [4.69, 9.17) is 16.0 Å². The molecule has 0 spiro atoms. The molecule has 0 saturated carbocycles. The molecule has 0 bridgehead atoms. The summed E-state index contributed by atoms with van der Waals surface area (Å²) in [6, 6.07) is 1.24. The van der Waals surface area contributed by atoms with Crippen molar-refractivity contribution in [1.82, 2.24) is 9.55 Å². The van der Waals surface area contributed by atoms with E-state index in [2.05, 4.69) is 15.0 Å². The Balaban J connectivity index is 2.55. The maximum Gasteiger partial charge on any atom is 0.351 e. The first-order chi connectivity index (χ1) is 9.78. The van der Waals surface area contributed by atoms with Crippen LogP contribution in [0.3, 0.4) is 0 Å². The summed E-state index contributed by atoms with van der Waals surface area (Å²) in [5, 5.41) is 22.4. The maximum atomic E-state index is 14.8. The molecule has 10 nitrogen and oxygen atoms in total. The van der Waals surface area contributed by atoms with Crippen LogP contribution in [0.5, 0.6) is 0 Å². The number of aliphatic hydroxyl groups excluding tert-OH is 2. The summed E-state index contributed by atoms with van der Waals surface area (Å²) < 4.78 is 20.7. The van der Waals surface area contributed by atoms with Gasteiger partial charge in [-0.2, -0.15) is 4.98 Å². The highest BCUT2D eigenvalue weighted by molar-refractivity contribution is 5.24. The van der Waals surface area contributed by atoms with Gasteiger partial charge in [-0.1, -0.05) is 5.11 Å².